The van der Waals surface area contributed by atoms with Crippen LogP contribution in [0.4, 0.5) is 4.79 Å². The van der Waals surface area contributed by atoms with Gasteiger partial charge < -0.3 is 15.0 Å². The average molecular weight is 325 g/mol. The lowest BCUT2D eigenvalue weighted by Gasteiger charge is -2.36. The number of nitrogens with zero attached hydrogens (tertiary/aromatic N) is 2. The predicted octanol–water partition coefficient (Wildman–Crippen LogP) is 1.99. The fraction of sp³-hybridized carbons (Fsp3) is 0.882. The van der Waals surface area contributed by atoms with Crippen molar-refractivity contribution in [2.75, 3.05) is 26.2 Å². The summed E-state index contributed by atoms with van der Waals surface area (Å²) in [7, 11) is 0. The number of nitrogens with one attached hydrogen (secondary N) is 1. The summed E-state index contributed by atoms with van der Waals surface area (Å²) >= 11 is 0. The van der Waals surface area contributed by atoms with E-state index in [1.165, 1.54) is 0 Å². The molecule has 2 atom stereocenters. The van der Waals surface area contributed by atoms with E-state index >= 15 is 0 Å². The molecule has 0 aromatic heterocycles. The molecular weight excluding hydrogens is 294 g/mol. The largest absolute Gasteiger partial charge is 0.444 e. The Morgan fingerprint density at radius 1 is 1.17 bits per heavy atom. The van der Waals surface area contributed by atoms with Crippen LogP contribution in [0, 0.1) is 0 Å². The molecule has 0 aliphatic carbocycles. The second kappa shape index (κ2) is 7.51. The lowest BCUT2D eigenvalue weighted by Crippen LogP contribution is -2.51. The third-order valence-corrected chi connectivity index (χ3v) is 4.39. The molecule has 0 bridgehead atoms. The Morgan fingerprint density at radius 3 is 2.52 bits per heavy atom. The first-order valence-corrected chi connectivity index (χ1v) is 8.73. The molecule has 132 valence electrons. The van der Waals surface area contributed by atoms with Gasteiger partial charge in [-0.05, 0) is 53.0 Å². The van der Waals surface area contributed by atoms with Crippen molar-refractivity contribution in [3.8, 4) is 0 Å². The average Bonchev–Trinajstić information content (AvgIpc) is 2.84. The highest BCUT2D eigenvalue weighted by Gasteiger charge is 2.34. The molecule has 0 aromatic rings. The molecule has 0 spiro atoms. The zero-order chi connectivity index (χ0) is 17.0. The molecule has 2 saturated heterocycles. The van der Waals surface area contributed by atoms with Crippen molar-refractivity contribution >= 4 is 12.0 Å². The molecule has 0 saturated carbocycles. The fourth-order valence-corrected chi connectivity index (χ4v) is 3.51. The highest BCUT2D eigenvalue weighted by atomic mass is 16.6. The van der Waals surface area contributed by atoms with Crippen molar-refractivity contribution in [2.45, 2.75) is 71.1 Å². The molecule has 2 aliphatic heterocycles. The maximum atomic E-state index is 12.4. The van der Waals surface area contributed by atoms with Gasteiger partial charge in [0.05, 0.1) is 0 Å². The van der Waals surface area contributed by atoms with E-state index in [0.29, 0.717) is 0 Å². The van der Waals surface area contributed by atoms with Gasteiger partial charge in [-0.2, -0.15) is 0 Å². The number of likely N-dealkylation sites (tertiary alicyclic amines) is 2. The fourth-order valence-electron chi connectivity index (χ4n) is 3.51. The number of hydrogen-bond acceptors (Lipinski definition) is 4. The molecule has 0 aromatic carbocycles. The number of amides is 2. The molecular formula is C17H31N3O3. The lowest BCUT2D eigenvalue weighted by atomic mass is 10.0. The van der Waals surface area contributed by atoms with Crippen molar-refractivity contribution < 1.29 is 14.3 Å². The van der Waals surface area contributed by atoms with Crippen LogP contribution in [0.15, 0.2) is 0 Å². The summed E-state index contributed by atoms with van der Waals surface area (Å²) in [5.41, 5.74) is -0.453. The van der Waals surface area contributed by atoms with E-state index in [9.17, 15) is 9.59 Å². The molecule has 2 fully saturated rings. The van der Waals surface area contributed by atoms with Gasteiger partial charge in [-0.15, -0.1) is 0 Å². The van der Waals surface area contributed by atoms with Crippen LogP contribution in [0.25, 0.3) is 0 Å². The zero-order valence-corrected chi connectivity index (χ0v) is 14.9. The maximum absolute atomic E-state index is 12.4. The van der Waals surface area contributed by atoms with Crippen molar-refractivity contribution in [1.82, 2.24) is 15.1 Å². The van der Waals surface area contributed by atoms with Gasteiger partial charge in [0.2, 0.25) is 5.91 Å². The topological polar surface area (TPSA) is 61.9 Å². The van der Waals surface area contributed by atoms with Crippen molar-refractivity contribution in [1.29, 1.82) is 0 Å². The van der Waals surface area contributed by atoms with E-state index in [1.807, 2.05) is 25.7 Å². The monoisotopic (exact) mass is 325 g/mol. The molecule has 2 aliphatic rings. The molecule has 1 N–H and O–H groups in total. The number of ether oxygens (including phenoxy) is 1. The molecule has 6 nitrogen and oxygen atoms in total. The first-order valence-electron chi connectivity index (χ1n) is 8.73. The molecule has 0 radical (unpaired) electrons. The first-order chi connectivity index (χ1) is 10.7. The summed E-state index contributed by atoms with van der Waals surface area (Å²) in [4.78, 5) is 27.8. The Labute approximate surface area is 139 Å². The molecule has 2 heterocycles. The standard InChI is InChI=1S/C17H31N3O3/c1-13(21)18-14-7-5-9-19(11-14)12-15-8-6-10-20(15)16(22)23-17(2,3)4/h14-15H,5-12H2,1-4H3,(H,18,21)/t14-,15+/m0/s1. The molecule has 2 amide bonds. The molecule has 23 heavy (non-hydrogen) atoms. The number of piperidine rings is 1. The predicted molar refractivity (Wildman–Crippen MR) is 89.2 cm³/mol. The quantitative estimate of drug-likeness (QED) is 0.862. The molecule has 6 heteroatoms. The minimum atomic E-state index is -0.453. The van der Waals surface area contributed by atoms with E-state index < -0.39 is 5.60 Å². The van der Waals surface area contributed by atoms with E-state index in [0.717, 1.165) is 51.9 Å². The lowest BCUT2D eigenvalue weighted by molar-refractivity contribution is -0.120. The maximum Gasteiger partial charge on any atom is 0.410 e. The minimum absolute atomic E-state index is 0.0353. The summed E-state index contributed by atoms with van der Waals surface area (Å²) < 4.78 is 5.53. The van der Waals surface area contributed by atoms with Gasteiger partial charge in [0.1, 0.15) is 5.60 Å². The van der Waals surface area contributed by atoms with Crippen LogP contribution in [0.2, 0.25) is 0 Å². The van der Waals surface area contributed by atoms with Crippen LogP contribution in [-0.2, 0) is 9.53 Å². The number of hydrogen-bond donors (Lipinski definition) is 1. The van der Waals surface area contributed by atoms with Gasteiger partial charge in [-0.1, -0.05) is 0 Å². The van der Waals surface area contributed by atoms with E-state index in [1.54, 1.807) is 6.92 Å². The van der Waals surface area contributed by atoms with Crippen LogP contribution in [0.1, 0.15) is 53.4 Å². The number of rotatable bonds is 3. The third kappa shape index (κ3) is 5.68. The van der Waals surface area contributed by atoms with Gasteiger partial charge in [0.25, 0.3) is 0 Å². The van der Waals surface area contributed by atoms with Gasteiger partial charge in [0, 0.05) is 38.6 Å². The van der Waals surface area contributed by atoms with Gasteiger partial charge in [-0.25, -0.2) is 4.79 Å². The molecule has 2 rings (SSSR count). The van der Waals surface area contributed by atoms with Gasteiger partial charge in [0.15, 0.2) is 0 Å². The summed E-state index contributed by atoms with van der Waals surface area (Å²) in [6.45, 7) is 10.8. The Kier molecular flexibility index (Phi) is 5.89. The summed E-state index contributed by atoms with van der Waals surface area (Å²) in [6, 6.07) is 0.457. The van der Waals surface area contributed by atoms with Gasteiger partial charge >= 0.3 is 6.09 Å². The third-order valence-electron chi connectivity index (χ3n) is 4.39. The normalized spacial score (nSPS) is 26.2. The Balaban J connectivity index is 1.88. The van der Waals surface area contributed by atoms with Crippen LogP contribution in [0.5, 0.6) is 0 Å². The number of carbonyl (C=O) groups is 2. The van der Waals surface area contributed by atoms with Crippen molar-refractivity contribution in [2.24, 2.45) is 0 Å². The smallest absolute Gasteiger partial charge is 0.410 e. The summed E-state index contributed by atoms with van der Waals surface area (Å²) in [6.07, 6.45) is 3.99. The van der Waals surface area contributed by atoms with Crippen molar-refractivity contribution in [3.63, 3.8) is 0 Å². The summed E-state index contributed by atoms with van der Waals surface area (Å²) in [5.74, 6) is 0.0353. The Hall–Kier alpha value is -1.30. The molecule has 0 unspecified atom stereocenters. The van der Waals surface area contributed by atoms with E-state index in [4.69, 9.17) is 4.74 Å². The van der Waals surface area contributed by atoms with Crippen molar-refractivity contribution in [3.05, 3.63) is 0 Å². The second-order valence-corrected chi connectivity index (χ2v) is 7.77. The highest BCUT2D eigenvalue weighted by molar-refractivity contribution is 5.73. The Bertz CT molecular complexity index is 433. The first kappa shape index (κ1) is 18.0. The number of carbonyl (C=O) groups excluding carboxylic acids is 2. The van der Waals surface area contributed by atoms with Gasteiger partial charge in [-0.3, -0.25) is 9.69 Å². The summed E-state index contributed by atoms with van der Waals surface area (Å²) in [5, 5.41) is 3.02. The van der Waals surface area contributed by atoms with E-state index in [2.05, 4.69) is 10.2 Å². The highest BCUT2D eigenvalue weighted by Crippen LogP contribution is 2.23. The van der Waals surface area contributed by atoms with E-state index in [-0.39, 0.29) is 24.1 Å². The van der Waals surface area contributed by atoms with Crippen LogP contribution in [0.3, 0.4) is 0 Å². The zero-order valence-electron chi connectivity index (χ0n) is 14.9. The SMILES string of the molecule is CC(=O)N[C@H]1CCCN(C[C@H]2CCCN2C(=O)OC(C)(C)C)C1. The van der Waals surface area contributed by atoms with Crippen LogP contribution in [-0.4, -0.2) is 65.7 Å². The minimum Gasteiger partial charge on any atom is -0.444 e. The van der Waals surface area contributed by atoms with Crippen LogP contribution >= 0.6 is 0 Å². The van der Waals surface area contributed by atoms with Crippen LogP contribution < -0.4 is 5.32 Å². The second-order valence-electron chi connectivity index (χ2n) is 7.77. The Morgan fingerprint density at radius 2 is 1.87 bits per heavy atom.